The molecule has 0 bridgehead atoms. The molecule has 0 aromatic carbocycles. The fraction of sp³-hybridized carbons (Fsp3) is 0.833. The van der Waals surface area contributed by atoms with Crippen LogP contribution in [0.2, 0.25) is 0 Å². The number of carbonyl (C=O) groups excluding carboxylic acids is 1. The van der Waals surface area contributed by atoms with Gasteiger partial charge in [0.25, 0.3) is 10.1 Å². The zero-order valence-electron chi connectivity index (χ0n) is 6.36. The van der Waals surface area contributed by atoms with Crippen LogP contribution in [-0.4, -0.2) is 24.5 Å². The molecule has 1 unspecified atom stereocenters. The Labute approximate surface area is 66.4 Å². The summed E-state index contributed by atoms with van der Waals surface area (Å²) in [5.41, 5.74) is 0. The van der Waals surface area contributed by atoms with E-state index < -0.39 is 15.4 Å². The Morgan fingerprint density at radius 2 is 2.09 bits per heavy atom. The van der Waals surface area contributed by atoms with Crippen LogP contribution < -0.4 is 0 Å². The Hall–Kier alpha value is -0.420. The first-order valence-corrected chi connectivity index (χ1v) is 4.94. The second-order valence-electron chi connectivity index (χ2n) is 2.33. The Morgan fingerprint density at radius 1 is 1.55 bits per heavy atom. The summed E-state index contributed by atoms with van der Waals surface area (Å²) in [7, 11) is -4.16. The predicted molar refractivity (Wildman–Crippen MR) is 40.9 cm³/mol. The zero-order chi connectivity index (χ0) is 8.91. The van der Waals surface area contributed by atoms with Crippen LogP contribution in [0.15, 0.2) is 0 Å². The smallest absolute Gasteiger partial charge is 0.274 e. The molecule has 11 heavy (non-hydrogen) atoms. The summed E-state index contributed by atoms with van der Waals surface area (Å²) >= 11 is 0. The molecule has 0 radical (unpaired) electrons. The van der Waals surface area contributed by atoms with Gasteiger partial charge < -0.3 is 4.79 Å². The molecule has 0 amide bonds. The lowest BCUT2D eigenvalue weighted by Gasteiger charge is -2.03. The van der Waals surface area contributed by atoms with Crippen molar-refractivity contribution >= 4 is 16.4 Å². The van der Waals surface area contributed by atoms with E-state index >= 15 is 0 Å². The maximum absolute atomic E-state index is 10.4. The minimum absolute atomic E-state index is 0.207. The van der Waals surface area contributed by atoms with Crippen molar-refractivity contribution in [3.8, 4) is 0 Å². The number of aldehydes is 1. The molecule has 0 aliphatic carbocycles. The van der Waals surface area contributed by atoms with Crippen molar-refractivity contribution < 1.29 is 17.8 Å². The van der Waals surface area contributed by atoms with E-state index in [1.54, 1.807) is 0 Å². The molecule has 0 aliphatic rings. The first-order chi connectivity index (χ1) is 5.02. The van der Waals surface area contributed by atoms with E-state index in [4.69, 9.17) is 4.55 Å². The van der Waals surface area contributed by atoms with Gasteiger partial charge in [0, 0.05) is 0 Å². The van der Waals surface area contributed by atoms with Crippen LogP contribution in [0.3, 0.4) is 0 Å². The summed E-state index contributed by atoms with van der Waals surface area (Å²) in [5, 5.41) is -1.23. The fourth-order valence-corrected chi connectivity index (χ4v) is 1.30. The molecule has 0 aromatic rings. The van der Waals surface area contributed by atoms with Crippen molar-refractivity contribution in [1.29, 1.82) is 0 Å². The minimum atomic E-state index is -4.16. The highest BCUT2D eigenvalue weighted by Crippen LogP contribution is 2.05. The largest absolute Gasteiger partial charge is 0.302 e. The van der Waals surface area contributed by atoms with Crippen molar-refractivity contribution in [2.75, 3.05) is 0 Å². The Balaban J connectivity index is 4.08. The lowest BCUT2D eigenvalue weighted by atomic mass is 10.2. The first kappa shape index (κ1) is 10.6. The van der Waals surface area contributed by atoms with Crippen molar-refractivity contribution in [3.05, 3.63) is 0 Å². The molecule has 0 spiro atoms. The second-order valence-corrected chi connectivity index (χ2v) is 3.97. The fourth-order valence-electron chi connectivity index (χ4n) is 0.692. The summed E-state index contributed by atoms with van der Waals surface area (Å²) in [6, 6.07) is 0. The zero-order valence-corrected chi connectivity index (χ0v) is 7.17. The normalized spacial score (nSPS) is 14.4. The first-order valence-electron chi connectivity index (χ1n) is 3.44. The molecule has 5 heteroatoms. The molecule has 0 saturated carbocycles. The summed E-state index contributed by atoms with van der Waals surface area (Å²) < 4.78 is 29.2. The molecule has 0 heterocycles. The van der Waals surface area contributed by atoms with Gasteiger partial charge in [-0.05, 0) is 6.42 Å². The van der Waals surface area contributed by atoms with Gasteiger partial charge in [-0.3, -0.25) is 4.55 Å². The van der Waals surface area contributed by atoms with Crippen LogP contribution in [0, 0.1) is 0 Å². The van der Waals surface area contributed by atoms with Gasteiger partial charge in [0.1, 0.15) is 11.5 Å². The van der Waals surface area contributed by atoms with Gasteiger partial charge in [-0.2, -0.15) is 8.42 Å². The van der Waals surface area contributed by atoms with E-state index in [1.165, 1.54) is 0 Å². The third-order valence-corrected chi connectivity index (χ3v) is 2.49. The maximum atomic E-state index is 10.4. The SMILES string of the molecule is CCCCC(C=O)S(=O)(=O)O. The molecule has 4 nitrogen and oxygen atoms in total. The van der Waals surface area contributed by atoms with E-state index in [2.05, 4.69) is 0 Å². The van der Waals surface area contributed by atoms with Gasteiger partial charge in [0.15, 0.2) is 0 Å². The summed E-state index contributed by atoms with van der Waals surface area (Å²) in [6.45, 7) is 1.88. The number of hydrogen-bond acceptors (Lipinski definition) is 3. The van der Waals surface area contributed by atoms with E-state index in [0.717, 1.165) is 6.42 Å². The van der Waals surface area contributed by atoms with Crippen LogP contribution in [0.5, 0.6) is 0 Å². The highest BCUT2D eigenvalue weighted by Gasteiger charge is 2.20. The molecule has 0 rings (SSSR count). The third-order valence-electron chi connectivity index (χ3n) is 1.38. The number of carbonyl (C=O) groups is 1. The maximum Gasteiger partial charge on any atom is 0.274 e. The molecular weight excluding hydrogens is 168 g/mol. The van der Waals surface area contributed by atoms with Crippen molar-refractivity contribution in [1.82, 2.24) is 0 Å². The van der Waals surface area contributed by atoms with E-state index in [9.17, 15) is 13.2 Å². The van der Waals surface area contributed by atoms with Crippen LogP contribution in [0.25, 0.3) is 0 Å². The quantitative estimate of drug-likeness (QED) is 0.497. The molecular formula is C6H12O4S. The van der Waals surface area contributed by atoms with Crippen LogP contribution in [0.1, 0.15) is 26.2 Å². The Bertz CT molecular complexity index is 207. The monoisotopic (exact) mass is 180 g/mol. The van der Waals surface area contributed by atoms with E-state index in [-0.39, 0.29) is 12.7 Å². The number of hydrogen-bond donors (Lipinski definition) is 1. The van der Waals surface area contributed by atoms with E-state index in [0.29, 0.717) is 6.42 Å². The van der Waals surface area contributed by atoms with Gasteiger partial charge in [-0.25, -0.2) is 0 Å². The minimum Gasteiger partial charge on any atom is -0.302 e. The Morgan fingerprint density at radius 3 is 2.36 bits per heavy atom. The summed E-state index contributed by atoms with van der Waals surface area (Å²) in [5.74, 6) is 0. The highest BCUT2D eigenvalue weighted by molar-refractivity contribution is 7.87. The number of rotatable bonds is 5. The standard InChI is InChI=1S/C6H12O4S/c1-2-3-4-6(5-7)11(8,9)10/h5-6H,2-4H2,1H3,(H,8,9,10). The summed E-state index contributed by atoms with van der Waals surface area (Å²) in [4.78, 5) is 10.1. The summed E-state index contributed by atoms with van der Waals surface area (Å²) in [6.07, 6.45) is 1.91. The van der Waals surface area contributed by atoms with Crippen LogP contribution >= 0.6 is 0 Å². The lowest BCUT2D eigenvalue weighted by Crippen LogP contribution is -2.21. The molecule has 0 aliphatic heterocycles. The van der Waals surface area contributed by atoms with Crippen molar-refractivity contribution in [2.24, 2.45) is 0 Å². The molecule has 1 N–H and O–H groups in total. The second kappa shape index (κ2) is 4.46. The van der Waals surface area contributed by atoms with Gasteiger partial charge in [-0.1, -0.05) is 19.8 Å². The van der Waals surface area contributed by atoms with E-state index in [1.807, 2.05) is 6.92 Å². The average Bonchev–Trinajstić information content (AvgIpc) is 1.87. The van der Waals surface area contributed by atoms with Gasteiger partial charge in [0.2, 0.25) is 0 Å². The van der Waals surface area contributed by atoms with Gasteiger partial charge in [-0.15, -0.1) is 0 Å². The van der Waals surface area contributed by atoms with Crippen molar-refractivity contribution in [2.45, 2.75) is 31.4 Å². The van der Waals surface area contributed by atoms with Crippen LogP contribution in [0.4, 0.5) is 0 Å². The molecule has 1 atom stereocenters. The Kier molecular flexibility index (Phi) is 4.29. The molecule has 0 aromatic heterocycles. The topological polar surface area (TPSA) is 71.4 Å². The molecule has 0 fully saturated rings. The van der Waals surface area contributed by atoms with Gasteiger partial charge >= 0.3 is 0 Å². The molecule has 66 valence electrons. The van der Waals surface area contributed by atoms with Gasteiger partial charge in [0.05, 0.1) is 0 Å². The predicted octanol–water partition coefficient (Wildman–Crippen LogP) is 0.632. The van der Waals surface area contributed by atoms with Crippen LogP contribution in [-0.2, 0) is 14.9 Å². The third kappa shape index (κ3) is 4.10. The van der Waals surface area contributed by atoms with Crippen molar-refractivity contribution in [3.63, 3.8) is 0 Å². The highest BCUT2D eigenvalue weighted by atomic mass is 32.2. The average molecular weight is 180 g/mol. The number of unbranched alkanes of at least 4 members (excludes halogenated alkanes) is 1. The molecule has 0 saturated heterocycles. The lowest BCUT2D eigenvalue weighted by molar-refractivity contribution is -0.107.